The quantitative estimate of drug-likeness (QED) is 0.691. The smallest absolute Gasteiger partial charge is 0.270 e. The molecule has 1 heterocycles. The number of ether oxygens (including phenoxy) is 1. The van der Waals surface area contributed by atoms with E-state index < -0.39 is 0 Å². The molecule has 0 bridgehead atoms. The Balaban J connectivity index is 1.59. The summed E-state index contributed by atoms with van der Waals surface area (Å²) in [6.45, 7) is 3.87. The van der Waals surface area contributed by atoms with Crippen LogP contribution in [-0.2, 0) is 6.42 Å². The molecule has 0 saturated carbocycles. The first kappa shape index (κ1) is 17.4. The summed E-state index contributed by atoms with van der Waals surface area (Å²) in [5, 5.41) is 5.56. The summed E-state index contributed by atoms with van der Waals surface area (Å²) in [5.41, 5.74) is 7.18. The van der Waals surface area contributed by atoms with Gasteiger partial charge in [0.25, 0.3) is 5.91 Å². The van der Waals surface area contributed by atoms with Gasteiger partial charge >= 0.3 is 0 Å². The van der Waals surface area contributed by atoms with Crippen LogP contribution < -0.4 is 15.8 Å². The summed E-state index contributed by atoms with van der Waals surface area (Å²) in [5.74, 6) is 0.763. The summed E-state index contributed by atoms with van der Waals surface area (Å²) in [7, 11) is 0. The van der Waals surface area contributed by atoms with Crippen LogP contribution in [0, 0.1) is 6.92 Å². The molecule has 1 aromatic heterocycles. The van der Waals surface area contributed by atoms with Crippen molar-refractivity contribution < 1.29 is 9.53 Å². The number of hydrogen-bond donors (Lipinski definition) is 2. The molecule has 124 valence electrons. The lowest BCUT2D eigenvalue weighted by atomic mass is 10.2. The number of aromatic nitrogens is 1. The highest BCUT2D eigenvalue weighted by Crippen LogP contribution is 2.12. The van der Waals surface area contributed by atoms with E-state index in [4.69, 9.17) is 10.5 Å². The number of hydrogen-bond acceptors (Lipinski definition) is 5. The van der Waals surface area contributed by atoms with E-state index in [0.29, 0.717) is 31.8 Å². The first-order valence-electron chi connectivity index (χ1n) is 7.81. The van der Waals surface area contributed by atoms with Gasteiger partial charge in [-0.05, 0) is 38.4 Å². The minimum Gasteiger partial charge on any atom is -0.494 e. The summed E-state index contributed by atoms with van der Waals surface area (Å²) < 4.78 is 5.65. The van der Waals surface area contributed by atoms with E-state index in [9.17, 15) is 4.79 Å². The summed E-state index contributed by atoms with van der Waals surface area (Å²) in [4.78, 5) is 16.2. The number of aryl methyl sites for hydroxylation is 1. The second kappa shape index (κ2) is 9.27. The molecule has 0 saturated heterocycles. The van der Waals surface area contributed by atoms with Crippen molar-refractivity contribution in [3.8, 4) is 5.75 Å². The predicted molar refractivity (Wildman–Crippen MR) is 93.1 cm³/mol. The van der Waals surface area contributed by atoms with Gasteiger partial charge in [-0.3, -0.25) is 4.79 Å². The molecule has 23 heavy (non-hydrogen) atoms. The number of benzene rings is 1. The fourth-order valence-corrected chi connectivity index (χ4v) is 2.79. The molecule has 1 aromatic carbocycles. The average Bonchev–Trinajstić information content (AvgIpc) is 3.01. The van der Waals surface area contributed by atoms with Crippen LogP contribution in [-0.4, -0.2) is 30.6 Å². The monoisotopic (exact) mass is 333 g/mol. The second-order valence-electron chi connectivity index (χ2n) is 5.29. The van der Waals surface area contributed by atoms with E-state index in [1.807, 2.05) is 31.2 Å². The Labute approximate surface area is 140 Å². The van der Waals surface area contributed by atoms with Crippen molar-refractivity contribution in [1.82, 2.24) is 10.3 Å². The first-order valence-corrected chi connectivity index (χ1v) is 8.69. The minimum atomic E-state index is -0.121. The van der Waals surface area contributed by atoms with Crippen LogP contribution in [0.1, 0.15) is 33.9 Å². The van der Waals surface area contributed by atoms with Gasteiger partial charge in [-0.15, -0.1) is 11.3 Å². The van der Waals surface area contributed by atoms with Gasteiger partial charge in [0.2, 0.25) is 0 Å². The van der Waals surface area contributed by atoms with E-state index in [2.05, 4.69) is 10.3 Å². The predicted octanol–water partition coefficient (Wildman–Crippen LogP) is 2.54. The van der Waals surface area contributed by atoms with Crippen molar-refractivity contribution in [1.29, 1.82) is 0 Å². The Hall–Kier alpha value is -1.92. The maximum Gasteiger partial charge on any atom is 0.270 e. The maximum absolute atomic E-state index is 11.9. The third-order valence-electron chi connectivity index (χ3n) is 3.29. The lowest BCUT2D eigenvalue weighted by Crippen LogP contribution is -2.25. The second-order valence-corrected chi connectivity index (χ2v) is 6.23. The van der Waals surface area contributed by atoms with Crippen molar-refractivity contribution in [3.63, 3.8) is 0 Å². The van der Waals surface area contributed by atoms with E-state index >= 15 is 0 Å². The van der Waals surface area contributed by atoms with Gasteiger partial charge in [0, 0.05) is 18.3 Å². The molecule has 0 fully saturated rings. The molecule has 6 heteroatoms. The molecule has 2 rings (SSSR count). The number of unbranched alkanes of at least 4 members (excludes halogenated alkanes) is 1. The van der Waals surface area contributed by atoms with Crippen LogP contribution in [0.3, 0.4) is 0 Å². The van der Waals surface area contributed by atoms with Gasteiger partial charge in [-0.25, -0.2) is 4.98 Å². The average molecular weight is 333 g/mol. The van der Waals surface area contributed by atoms with Crippen molar-refractivity contribution in [2.24, 2.45) is 5.73 Å². The van der Waals surface area contributed by atoms with Gasteiger partial charge in [-0.1, -0.05) is 17.7 Å². The van der Waals surface area contributed by atoms with Crippen LogP contribution in [0.15, 0.2) is 29.6 Å². The number of amides is 1. The molecule has 2 aromatic rings. The highest BCUT2D eigenvalue weighted by Gasteiger charge is 2.09. The highest BCUT2D eigenvalue weighted by atomic mass is 32.1. The molecular formula is C17H23N3O2S. The highest BCUT2D eigenvalue weighted by molar-refractivity contribution is 7.09. The van der Waals surface area contributed by atoms with Gasteiger partial charge < -0.3 is 15.8 Å². The molecular weight excluding hydrogens is 310 g/mol. The summed E-state index contributed by atoms with van der Waals surface area (Å²) in [6, 6.07) is 8.00. The molecule has 0 unspecified atom stereocenters. The lowest BCUT2D eigenvalue weighted by Gasteiger charge is -2.07. The number of carbonyl (C=O) groups is 1. The van der Waals surface area contributed by atoms with Crippen LogP contribution in [0.2, 0.25) is 0 Å². The summed E-state index contributed by atoms with van der Waals surface area (Å²) in [6.07, 6.45) is 2.48. The van der Waals surface area contributed by atoms with Gasteiger partial charge in [0.15, 0.2) is 0 Å². The topological polar surface area (TPSA) is 77.2 Å². The zero-order valence-corrected chi connectivity index (χ0v) is 14.2. The van der Waals surface area contributed by atoms with Gasteiger partial charge in [-0.2, -0.15) is 0 Å². The Kier molecular flexibility index (Phi) is 7.03. The van der Waals surface area contributed by atoms with Crippen molar-refractivity contribution >= 4 is 17.2 Å². The van der Waals surface area contributed by atoms with Crippen molar-refractivity contribution in [2.45, 2.75) is 26.2 Å². The molecule has 1 amide bonds. The van der Waals surface area contributed by atoms with Crippen molar-refractivity contribution in [3.05, 3.63) is 45.9 Å². The van der Waals surface area contributed by atoms with Crippen LogP contribution in [0.5, 0.6) is 5.75 Å². The van der Waals surface area contributed by atoms with E-state index in [1.165, 1.54) is 16.9 Å². The molecule has 0 radical (unpaired) electrons. The Bertz CT molecular complexity index is 611. The van der Waals surface area contributed by atoms with Crippen LogP contribution >= 0.6 is 11.3 Å². The summed E-state index contributed by atoms with van der Waals surface area (Å²) >= 11 is 1.48. The molecule has 0 aliphatic rings. The zero-order valence-electron chi connectivity index (χ0n) is 13.4. The van der Waals surface area contributed by atoms with Crippen molar-refractivity contribution in [2.75, 3.05) is 19.7 Å². The standard InChI is InChI=1S/C17H23N3O2S/c1-13-4-6-14(7-5-13)22-11-3-2-10-19-17(21)15-12-23-16(20-15)8-9-18/h4-7,12H,2-3,8-11,18H2,1H3,(H,19,21). The Morgan fingerprint density at radius 2 is 2.09 bits per heavy atom. The zero-order chi connectivity index (χ0) is 16.5. The maximum atomic E-state index is 11.9. The number of carbonyl (C=O) groups excluding carboxylic acids is 1. The molecule has 0 atom stereocenters. The normalized spacial score (nSPS) is 10.5. The number of nitrogens with two attached hydrogens (primary N) is 1. The number of nitrogens with zero attached hydrogens (tertiary/aromatic N) is 1. The molecule has 5 nitrogen and oxygen atoms in total. The third-order valence-corrected chi connectivity index (χ3v) is 4.20. The Morgan fingerprint density at radius 1 is 1.30 bits per heavy atom. The first-order chi connectivity index (χ1) is 11.2. The SMILES string of the molecule is Cc1ccc(OCCCCNC(=O)c2csc(CCN)n2)cc1. The number of rotatable bonds is 9. The number of nitrogens with one attached hydrogen (secondary N) is 1. The fourth-order valence-electron chi connectivity index (χ4n) is 2.00. The molecule has 0 aliphatic carbocycles. The van der Waals surface area contributed by atoms with Gasteiger partial charge in [0.05, 0.1) is 11.6 Å². The lowest BCUT2D eigenvalue weighted by molar-refractivity contribution is 0.0948. The Morgan fingerprint density at radius 3 is 2.83 bits per heavy atom. The molecule has 3 N–H and O–H groups in total. The van der Waals surface area contributed by atoms with E-state index in [0.717, 1.165) is 23.6 Å². The minimum absolute atomic E-state index is 0.121. The molecule has 0 spiro atoms. The fraction of sp³-hybridized carbons (Fsp3) is 0.412. The number of thiazole rings is 1. The van der Waals surface area contributed by atoms with E-state index in [1.54, 1.807) is 5.38 Å². The third kappa shape index (κ3) is 6.00. The van der Waals surface area contributed by atoms with Gasteiger partial charge in [0.1, 0.15) is 11.4 Å². The van der Waals surface area contributed by atoms with Crippen LogP contribution in [0.25, 0.3) is 0 Å². The van der Waals surface area contributed by atoms with E-state index in [-0.39, 0.29) is 5.91 Å². The molecule has 0 aliphatic heterocycles. The van der Waals surface area contributed by atoms with Crippen LogP contribution in [0.4, 0.5) is 0 Å². The largest absolute Gasteiger partial charge is 0.494 e.